The number of rotatable bonds is 20. The number of carbonyl (C=O) groups is 2. The summed E-state index contributed by atoms with van der Waals surface area (Å²) in [7, 11) is 0. The highest BCUT2D eigenvalue weighted by molar-refractivity contribution is 5.70. The first-order valence-corrected chi connectivity index (χ1v) is 11.6. The number of esters is 2. The van der Waals surface area contributed by atoms with Crippen LogP contribution in [0.5, 0.6) is 0 Å². The van der Waals surface area contributed by atoms with Gasteiger partial charge in [-0.3, -0.25) is 9.59 Å². The molecule has 0 radical (unpaired) electrons. The summed E-state index contributed by atoms with van der Waals surface area (Å²) >= 11 is 0. The van der Waals surface area contributed by atoms with E-state index in [-0.39, 0.29) is 25.2 Å². The van der Waals surface area contributed by atoms with Gasteiger partial charge in [0.1, 0.15) is 6.61 Å². The van der Waals surface area contributed by atoms with Crippen molar-refractivity contribution in [2.45, 2.75) is 123 Å². The van der Waals surface area contributed by atoms with Crippen LogP contribution in [0.4, 0.5) is 0 Å². The average molecular weight is 401 g/mol. The predicted octanol–water partition coefficient (Wildman–Crippen LogP) is 5.72. The second-order valence-corrected chi connectivity index (χ2v) is 7.72. The molecule has 0 saturated heterocycles. The molecule has 0 aliphatic carbocycles. The fourth-order valence-corrected chi connectivity index (χ4v) is 3.12. The molecule has 5 heteroatoms. The molecule has 28 heavy (non-hydrogen) atoms. The third-order valence-corrected chi connectivity index (χ3v) is 4.87. The molecular formula is C23H44O5. The Hall–Kier alpha value is -1.10. The molecule has 0 amide bonds. The van der Waals surface area contributed by atoms with E-state index >= 15 is 0 Å². The van der Waals surface area contributed by atoms with Gasteiger partial charge in [0.15, 0.2) is 6.10 Å². The zero-order valence-electron chi connectivity index (χ0n) is 18.4. The lowest BCUT2D eigenvalue weighted by molar-refractivity contribution is -0.161. The van der Waals surface area contributed by atoms with E-state index < -0.39 is 6.10 Å². The quantitative estimate of drug-likeness (QED) is 0.209. The van der Waals surface area contributed by atoms with Gasteiger partial charge >= 0.3 is 11.9 Å². The Balaban J connectivity index is 3.44. The van der Waals surface area contributed by atoms with Gasteiger partial charge in [-0.25, -0.2) is 0 Å². The van der Waals surface area contributed by atoms with Gasteiger partial charge in [0.25, 0.3) is 0 Å². The molecule has 5 nitrogen and oxygen atoms in total. The molecule has 0 saturated carbocycles. The Kier molecular flexibility index (Phi) is 19.8. The van der Waals surface area contributed by atoms with Crippen molar-refractivity contribution in [1.82, 2.24) is 0 Å². The summed E-state index contributed by atoms with van der Waals surface area (Å²) in [4.78, 5) is 23.1. The second kappa shape index (κ2) is 20.6. The van der Waals surface area contributed by atoms with Crippen molar-refractivity contribution in [3.63, 3.8) is 0 Å². The van der Waals surface area contributed by atoms with Gasteiger partial charge in [-0.2, -0.15) is 0 Å². The van der Waals surface area contributed by atoms with Gasteiger partial charge in [0.2, 0.25) is 0 Å². The van der Waals surface area contributed by atoms with Crippen LogP contribution >= 0.6 is 0 Å². The van der Waals surface area contributed by atoms with E-state index in [1.165, 1.54) is 64.2 Å². The molecular weight excluding hydrogens is 356 g/mol. The SMILES string of the molecule is CCCCCCCCCCCCCCCC(=O)OC[C@@H](CO)OC(=O)CCC. The molecule has 166 valence electrons. The Morgan fingerprint density at radius 1 is 0.679 bits per heavy atom. The molecule has 0 unspecified atom stereocenters. The van der Waals surface area contributed by atoms with Gasteiger partial charge in [0.05, 0.1) is 6.61 Å². The number of hydrogen-bond acceptors (Lipinski definition) is 5. The lowest BCUT2D eigenvalue weighted by Crippen LogP contribution is -2.28. The third-order valence-electron chi connectivity index (χ3n) is 4.87. The van der Waals surface area contributed by atoms with Crippen molar-refractivity contribution in [2.24, 2.45) is 0 Å². The largest absolute Gasteiger partial charge is 0.462 e. The van der Waals surface area contributed by atoms with Gasteiger partial charge in [-0.15, -0.1) is 0 Å². The zero-order chi connectivity index (χ0) is 20.9. The summed E-state index contributed by atoms with van der Waals surface area (Å²) in [6, 6.07) is 0. The zero-order valence-corrected chi connectivity index (χ0v) is 18.4. The molecule has 0 aromatic carbocycles. The first-order chi connectivity index (χ1) is 13.6. The van der Waals surface area contributed by atoms with Crippen molar-refractivity contribution < 1.29 is 24.2 Å². The van der Waals surface area contributed by atoms with E-state index in [1.807, 2.05) is 6.92 Å². The number of aliphatic hydroxyl groups is 1. The highest BCUT2D eigenvalue weighted by atomic mass is 16.6. The average Bonchev–Trinajstić information content (AvgIpc) is 2.68. The lowest BCUT2D eigenvalue weighted by atomic mass is 10.0. The molecule has 1 N–H and O–H groups in total. The van der Waals surface area contributed by atoms with Crippen molar-refractivity contribution in [1.29, 1.82) is 0 Å². The fourth-order valence-electron chi connectivity index (χ4n) is 3.12. The first kappa shape index (κ1) is 26.9. The lowest BCUT2D eigenvalue weighted by Gasteiger charge is -2.15. The molecule has 1 atom stereocenters. The van der Waals surface area contributed by atoms with Gasteiger partial charge in [0, 0.05) is 12.8 Å². The molecule has 0 fully saturated rings. The van der Waals surface area contributed by atoms with E-state index in [0.717, 1.165) is 19.3 Å². The summed E-state index contributed by atoms with van der Waals surface area (Å²) < 4.78 is 10.2. The second-order valence-electron chi connectivity index (χ2n) is 7.72. The van der Waals surface area contributed by atoms with Gasteiger partial charge in [-0.05, 0) is 12.8 Å². The van der Waals surface area contributed by atoms with Crippen molar-refractivity contribution in [3.05, 3.63) is 0 Å². The van der Waals surface area contributed by atoms with Crippen LogP contribution in [-0.4, -0.2) is 36.4 Å². The van der Waals surface area contributed by atoms with Crippen molar-refractivity contribution in [3.8, 4) is 0 Å². The van der Waals surface area contributed by atoms with Gasteiger partial charge < -0.3 is 14.6 Å². The monoisotopic (exact) mass is 400 g/mol. The summed E-state index contributed by atoms with van der Waals surface area (Å²) in [6.07, 6.45) is 17.1. The minimum absolute atomic E-state index is 0.0662. The molecule has 0 aliphatic rings. The van der Waals surface area contributed by atoms with E-state index in [0.29, 0.717) is 19.3 Å². The molecule has 0 aromatic heterocycles. The van der Waals surface area contributed by atoms with E-state index in [2.05, 4.69) is 6.92 Å². The summed E-state index contributed by atoms with van der Waals surface area (Å²) in [5, 5.41) is 9.19. The Labute approximate surface area is 172 Å². The van der Waals surface area contributed by atoms with Crippen LogP contribution in [0, 0.1) is 0 Å². The molecule has 0 aromatic rings. The number of aliphatic hydroxyl groups excluding tert-OH is 1. The maximum atomic E-state index is 11.7. The number of unbranched alkanes of at least 4 members (excludes halogenated alkanes) is 12. The Bertz CT molecular complexity index is 370. The van der Waals surface area contributed by atoms with Gasteiger partial charge in [-0.1, -0.05) is 90.9 Å². The van der Waals surface area contributed by atoms with E-state index in [1.54, 1.807) is 0 Å². The minimum Gasteiger partial charge on any atom is -0.462 e. The van der Waals surface area contributed by atoms with E-state index in [9.17, 15) is 14.7 Å². The first-order valence-electron chi connectivity index (χ1n) is 11.6. The smallest absolute Gasteiger partial charge is 0.306 e. The number of ether oxygens (including phenoxy) is 2. The molecule has 0 heterocycles. The molecule has 0 rings (SSSR count). The summed E-state index contributed by atoms with van der Waals surface area (Å²) in [6.45, 7) is 3.73. The minimum atomic E-state index is -0.755. The number of hydrogen-bond donors (Lipinski definition) is 1. The molecule has 0 spiro atoms. The normalized spacial score (nSPS) is 12.0. The van der Waals surface area contributed by atoms with Crippen LogP contribution in [0.15, 0.2) is 0 Å². The maximum Gasteiger partial charge on any atom is 0.306 e. The predicted molar refractivity (Wildman–Crippen MR) is 113 cm³/mol. The van der Waals surface area contributed by atoms with Crippen LogP contribution in [-0.2, 0) is 19.1 Å². The van der Waals surface area contributed by atoms with Crippen LogP contribution in [0.3, 0.4) is 0 Å². The Morgan fingerprint density at radius 2 is 1.18 bits per heavy atom. The highest BCUT2D eigenvalue weighted by Crippen LogP contribution is 2.13. The standard InChI is InChI=1S/C23H44O5/c1-3-5-6-7-8-9-10-11-12-13-14-15-16-18-22(25)27-20-21(19-24)28-23(26)17-4-2/h21,24H,3-20H2,1-2H3/t21-/m1/s1. The highest BCUT2D eigenvalue weighted by Gasteiger charge is 2.15. The molecule has 0 aliphatic heterocycles. The third kappa shape index (κ3) is 18.3. The fraction of sp³-hybridized carbons (Fsp3) is 0.913. The maximum absolute atomic E-state index is 11.7. The Morgan fingerprint density at radius 3 is 1.64 bits per heavy atom. The van der Waals surface area contributed by atoms with E-state index in [4.69, 9.17) is 9.47 Å². The van der Waals surface area contributed by atoms with Crippen molar-refractivity contribution in [2.75, 3.05) is 13.2 Å². The summed E-state index contributed by atoms with van der Waals surface area (Å²) in [5.41, 5.74) is 0. The topological polar surface area (TPSA) is 72.8 Å². The number of carbonyl (C=O) groups excluding carboxylic acids is 2. The van der Waals surface area contributed by atoms with Crippen LogP contribution in [0.2, 0.25) is 0 Å². The van der Waals surface area contributed by atoms with Crippen LogP contribution < -0.4 is 0 Å². The molecule has 0 bridgehead atoms. The summed E-state index contributed by atoms with van der Waals surface area (Å²) in [5.74, 6) is -0.651. The van der Waals surface area contributed by atoms with Crippen LogP contribution in [0.1, 0.15) is 117 Å². The van der Waals surface area contributed by atoms with Crippen molar-refractivity contribution >= 4 is 11.9 Å². The van der Waals surface area contributed by atoms with Crippen LogP contribution in [0.25, 0.3) is 0 Å².